The van der Waals surface area contributed by atoms with Crippen molar-refractivity contribution >= 4 is 17.8 Å². The average molecular weight is 218 g/mol. The third kappa shape index (κ3) is 5.10. The van der Waals surface area contributed by atoms with Crippen LogP contribution in [0.15, 0.2) is 36.4 Å². The van der Waals surface area contributed by atoms with Crippen LogP contribution in [0.4, 0.5) is 0 Å². The van der Waals surface area contributed by atoms with Crippen LogP contribution in [0.25, 0.3) is 6.08 Å². The standard InChI is InChI=1S/C13H14O3/c1-11(14)10-13(15)16-9-5-8-12-6-3-2-4-7-12/h2-8H,9-10H2,1H3. The Morgan fingerprint density at radius 2 is 1.94 bits per heavy atom. The fraction of sp³-hybridized carbons (Fsp3) is 0.231. The van der Waals surface area contributed by atoms with Gasteiger partial charge in [0, 0.05) is 0 Å². The molecule has 0 heterocycles. The van der Waals surface area contributed by atoms with Crippen LogP contribution in [0.3, 0.4) is 0 Å². The Kier molecular flexibility index (Phi) is 4.99. The number of ketones is 1. The van der Waals surface area contributed by atoms with Gasteiger partial charge in [-0.25, -0.2) is 0 Å². The maximum Gasteiger partial charge on any atom is 0.313 e. The second-order valence-electron chi connectivity index (χ2n) is 3.37. The van der Waals surface area contributed by atoms with Gasteiger partial charge in [-0.3, -0.25) is 9.59 Å². The van der Waals surface area contributed by atoms with E-state index in [1.54, 1.807) is 6.08 Å². The van der Waals surface area contributed by atoms with E-state index in [0.717, 1.165) is 5.56 Å². The topological polar surface area (TPSA) is 43.4 Å². The maximum atomic E-state index is 11.0. The number of rotatable bonds is 5. The fourth-order valence-electron chi connectivity index (χ4n) is 1.14. The van der Waals surface area contributed by atoms with Crippen LogP contribution in [0.1, 0.15) is 18.9 Å². The van der Waals surface area contributed by atoms with Crippen molar-refractivity contribution in [2.24, 2.45) is 0 Å². The number of Topliss-reactive ketones (excluding diaryl/α,β-unsaturated/α-hetero) is 1. The van der Waals surface area contributed by atoms with Gasteiger partial charge in [0.1, 0.15) is 18.8 Å². The Bertz CT molecular complexity index is 379. The van der Waals surface area contributed by atoms with Gasteiger partial charge in [-0.2, -0.15) is 0 Å². The monoisotopic (exact) mass is 218 g/mol. The number of hydrogen-bond acceptors (Lipinski definition) is 3. The lowest BCUT2D eigenvalue weighted by Crippen LogP contribution is -2.08. The van der Waals surface area contributed by atoms with E-state index in [1.165, 1.54) is 6.92 Å². The van der Waals surface area contributed by atoms with Gasteiger partial charge in [-0.05, 0) is 18.6 Å². The molecule has 1 rings (SSSR count). The summed E-state index contributed by atoms with van der Waals surface area (Å²) >= 11 is 0. The largest absolute Gasteiger partial charge is 0.461 e. The van der Waals surface area contributed by atoms with E-state index < -0.39 is 5.97 Å². The van der Waals surface area contributed by atoms with Crippen molar-refractivity contribution in [2.75, 3.05) is 6.61 Å². The van der Waals surface area contributed by atoms with Crippen molar-refractivity contribution in [2.45, 2.75) is 13.3 Å². The third-order valence-electron chi connectivity index (χ3n) is 1.84. The maximum absolute atomic E-state index is 11.0. The molecule has 0 aliphatic carbocycles. The van der Waals surface area contributed by atoms with Gasteiger partial charge in [0.15, 0.2) is 0 Å². The van der Waals surface area contributed by atoms with Gasteiger partial charge < -0.3 is 4.74 Å². The summed E-state index contributed by atoms with van der Waals surface area (Å²) in [7, 11) is 0. The van der Waals surface area contributed by atoms with Crippen LogP contribution in [-0.2, 0) is 14.3 Å². The molecule has 84 valence electrons. The molecule has 0 saturated carbocycles. The number of carbonyl (C=O) groups is 2. The van der Waals surface area contributed by atoms with E-state index in [4.69, 9.17) is 4.74 Å². The van der Waals surface area contributed by atoms with E-state index >= 15 is 0 Å². The summed E-state index contributed by atoms with van der Waals surface area (Å²) < 4.78 is 4.83. The van der Waals surface area contributed by atoms with Gasteiger partial charge in [-0.15, -0.1) is 0 Å². The Labute approximate surface area is 94.7 Å². The molecule has 16 heavy (non-hydrogen) atoms. The molecule has 1 aromatic carbocycles. The van der Waals surface area contributed by atoms with Gasteiger partial charge in [-0.1, -0.05) is 36.4 Å². The van der Waals surface area contributed by atoms with E-state index in [2.05, 4.69) is 0 Å². The highest BCUT2D eigenvalue weighted by molar-refractivity contribution is 5.94. The lowest BCUT2D eigenvalue weighted by atomic mass is 10.2. The lowest BCUT2D eigenvalue weighted by molar-refractivity contribution is -0.144. The summed E-state index contributed by atoms with van der Waals surface area (Å²) in [5, 5.41) is 0. The Hall–Kier alpha value is -1.90. The van der Waals surface area contributed by atoms with Crippen LogP contribution in [0.5, 0.6) is 0 Å². The molecule has 0 radical (unpaired) electrons. The molecule has 0 aliphatic heterocycles. The first-order valence-electron chi connectivity index (χ1n) is 5.05. The van der Waals surface area contributed by atoms with Crippen LogP contribution in [0, 0.1) is 0 Å². The van der Waals surface area contributed by atoms with Crippen molar-refractivity contribution in [3.8, 4) is 0 Å². The SMILES string of the molecule is CC(=O)CC(=O)OCC=Cc1ccccc1. The first-order chi connectivity index (χ1) is 7.68. The van der Waals surface area contributed by atoms with Crippen molar-refractivity contribution in [1.82, 2.24) is 0 Å². The van der Waals surface area contributed by atoms with Crippen molar-refractivity contribution in [1.29, 1.82) is 0 Å². The second-order valence-corrected chi connectivity index (χ2v) is 3.37. The fourth-order valence-corrected chi connectivity index (χ4v) is 1.14. The highest BCUT2D eigenvalue weighted by atomic mass is 16.5. The Morgan fingerprint density at radius 1 is 1.25 bits per heavy atom. The molecule has 0 fully saturated rings. The van der Waals surface area contributed by atoms with Crippen molar-refractivity contribution in [3.63, 3.8) is 0 Å². The molecule has 0 atom stereocenters. The van der Waals surface area contributed by atoms with Gasteiger partial charge in [0.2, 0.25) is 0 Å². The molecule has 0 spiro atoms. The van der Waals surface area contributed by atoms with Crippen LogP contribution in [0.2, 0.25) is 0 Å². The van der Waals surface area contributed by atoms with Crippen LogP contribution >= 0.6 is 0 Å². The quantitative estimate of drug-likeness (QED) is 0.562. The summed E-state index contributed by atoms with van der Waals surface area (Å²) in [6.07, 6.45) is 3.45. The molecule has 0 amide bonds. The van der Waals surface area contributed by atoms with E-state index in [0.29, 0.717) is 0 Å². The zero-order valence-corrected chi connectivity index (χ0v) is 9.18. The Balaban J connectivity index is 2.28. The molecule has 0 bridgehead atoms. The number of ether oxygens (including phenoxy) is 1. The molecule has 3 heteroatoms. The first kappa shape index (κ1) is 12.2. The number of carbonyl (C=O) groups excluding carboxylic acids is 2. The molecule has 0 unspecified atom stereocenters. The molecule has 0 saturated heterocycles. The van der Waals surface area contributed by atoms with E-state index in [9.17, 15) is 9.59 Å². The van der Waals surface area contributed by atoms with Gasteiger partial charge in [0.25, 0.3) is 0 Å². The first-order valence-corrected chi connectivity index (χ1v) is 5.05. The average Bonchev–Trinajstić information content (AvgIpc) is 2.25. The lowest BCUT2D eigenvalue weighted by Gasteiger charge is -1.98. The summed E-state index contributed by atoms with van der Waals surface area (Å²) in [5.74, 6) is -0.665. The van der Waals surface area contributed by atoms with Gasteiger partial charge in [0.05, 0.1) is 0 Å². The molecule has 1 aromatic rings. The van der Waals surface area contributed by atoms with E-state index in [-0.39, 0.29) is 18.8 Å². The molecule has 0 N–H and O–H groups in total. The van der Waals surface area contributed by atoms with Crippen molar-refractivity contribution in [3.05, 3.63) is 42.0 Å². The molecular weight excluding hydrogens is 204 g/mol. The van der Waals surface area contributed by atoms with Crippen LogP contribution < -0.4 is 0 Å². The number of hydrogen-bond donors (Lipinski definition) is 0. The summed E-state index contributed by atoms with van der Waals surface area (Å²) in [4.78, 5) is 21.6. The van der Waals surface area contributed by atoms with Crippen LogP contribution in [-0.4, -0.2) is 18.4 Å². The predicted molar refractivity (Wildman–Crippen MR) is 61.7 cm³/mol. The number of esters is 1. The molecule has 0 aliphatic rings. The second kappa shape index (κ2) is 6.56. The minimum Gasteiger partial charge on any atom is -0.461 e. The molecular formula is C13H14O3. The smallest absolute Gasteiger partial charge is 0.313 e. The minimum atomic E-state index is -0.481. The van der Waals surface area contributed by atoms with Gasteiger partial charge >= 0.3 is 5.97 Å². The summed E-state index contributed by atoms with van der Waals surface area (Å²) in [5.41, 5.74) is 1.05. The predicted octanol–water partition coefficient (Wildman–Crippen LogP) is 2.22. The summed E-state index contributed by atoms with van der Waals surface area (Å²) in [6.45, 7) is 1.56. The van der Waals surface area contributed by atoms with Crippen molar-refractivity contribution < 1.29 is 14.3 Å². The zero-order chi connectivity index (χ0) is 11.8. The molecule has 3 nitrogen and oxygen atoms in total. The Morgan fingerprint density at radius 3 is 2.56 bits per heavy atom. The van der Waals surface area contributed by atoms with E-state index in [1.807, 2.05) is 36.4 Å². The zero-order valence-electron chi connectivity index (χ0n) is 9.18. The highest BCUT2D eigenvalue weighted by Crippen LogP contribution is 2.00. The third-order valence-corrected chi connectivity index (χ3v) is 1.84. The minimum absolute atomic E-state index is 0.154. The normalized spacial score (nSPS) is 10.3. The molecule has 0 aromatic heterocycles. The highest BCUT2D eigenvalue weighted by Gasteiger charge is 2.04. The number of benzene rings is 1. The summed E-state index contributed by atoms with van der Waals surface area (Å²) in [6, 6.07) is 9.70.